The minimum atomic E-state index is -0.743. The normalized spacial score (nSPS) is 11.9. The number of nitrogens with two attached hydrogens (primary N) is 1. The van der Waals surface area contributed by atoms with Crippen LogP contribution >= 0.6 is 0 Å². The topological polar surface area (TPSA) is 95.5 Å². The van der Waals surface area contributed by atoms with E-state index in [-0.39, 0.29) is 5.69 Å². The first-order valence-electron chi connectivity index (χ1n) is 13.2. The van der Waals surface area contributed by atoms with Gasteiger partial charge in [-0.2, -0.15) is 0 Å². The van der Waals surface area contributed by atoms with Crippen molar-refractivity contribution in [1.29, 1.82) is 0 Å². The Morgan fingerprint density at radius 2 is 1.24 bits per heavy atom. The molecule has 1 aromatic carbocycles. The van der Waals surface area contributed by atoms with Crippen LogP contribution in [-0.4, -0.2) is 23.5 Å². The summed E-state index contributed by atoms with van der Waals surface area (Å²) < 4.78 is 5.28. The number of ether oxygens (including phenoxy) is 1. The van der Waals surface area contributed by atoms with Crippen LogP contribution in [0.1, 0.15) is 115 Å². The van der Waals surface area contributed by atoms with E-state index in [4.69, 9.17) is 10.5 Å². The highest BCUT2D eigenvalue weighted by atomic mass is 16.6. The molecule has 0 aromatic heterocycles. The van der Waals surface area contributed by atoms with Gasteiger partial charge in [0.15, 0.2) is 0 Å². The molecule has 0 bridgehead atoms. The molecule has 0 radical (unpaired) electrons. The number of non-ortho nitro benzene ring substituents is 1. The van der Waals surface area contributed by atoms with Crippen molar-refractivity contribution in [2.75, 3.05) is 6.61 Å². The summed E-state index contributed by atoms with van der Waals surface area (Å²) in [6.07, 6.45) is 21.3. The smallest absolute Gasteiger partial charge is 0.323 e. The highest BCUT2D eigenvalue weighted by Gasteiger charge is 2.16. The first kappa shape index (κ1) is 29.1. The van der Waals surface area contributed by atoms with Gasteiger partial charge in [0.25, 0.3) is 5.69 Å². The maximum atomic E-state index is 12.0. The summed E-state index contributed by atoms with van der Waals surface area (Å²) in [7, 11) is 0. The van der Waals surface area contributed by atoms with Gasteiger partial charge in [0, 0.05) is 12.1 Å². The third-order valence-electron chi connectivity index (χ3n) is 6.15. The van der Waals surface area contributed by atoms with E-state index in [1.54, 1.807) is 12.1 Å². The summed E-state index contributed by atoms with van der Waals surface area (Å²) in [5.41, 5.74) is 6.72. The molecule has 0 aliphatic carbocycles. The number of unbranched alkanes of at least 4 members (excludes halogenated alkanes) is 15. The second-order valence-corrected chi connectivity index (χ2v) is 9.20. The van der Waals surface area contributed by atoms with E-state index < -0.39 is 16.9 Å². The lowest BCUT2D eigenvalue weighted by Crippen LogP contribution is -2.34. The summed E-state index contributed by atoms with van der Waals surface area (Å²) in [5, 5.41) is 10.7. The number of nitro groups is 1. The van der Waals surface area contributed by atoms with Crippen LogP contribution in [-0.2, 0) is 16.0 Å². The van der Waals surface area contributed by atoms with E-state index in [0.29, 0.717) is 13.0 Å². The Morgan fingerprint density at radius 3 is 1.67 bits per heavy atom. The van der Waals surface area contributed by atoms with Crippen molar-refractivity contribution in [2.45, 2.75) is 122 Å². The first-order chi connectivity index (χ1) is 16.0. The molecule has 0 amide bonds. The van der Waals surface area contributed by atoms with Crippen molar-refractivity contribution in [3.63, 3.8) is 0 Å². The van der Waals surface area contributed by atoms with Crippen molar-refractivity contribution < 1.29 is 14.5 Å². The average molecular weight is 463 g/mol. The van der Waals surface area contributed by atoms with Gasteiger partial charge >= 0.3 is 5.97 Å². The predicted octanol–water partition coefficient (Wildman–Crippen LogP) is 7.27. The van der Waals surface area contributed by atoms with E-state index in [0.717, 1.165) is 18.4 Å². The molecule has 1 rings (SSSR count). The van der Waals surface area contributed by atoms with Gasteiger partial charge in [-0.05, 0) is 18.4 Å². The maximum Gasteiger partial charge on any atom is 0.323 e. The number of carbonyl (C=O) groups is 1. The van der Waals surface area contributed by atoms with Crippen LogP contribution in [0.3, 0.4) is 0 Å². The Morgan fingerprint density at radius 1 is 0.818 bits per heavy atom. The molecule has 6 nitrogen and oxygen atoms in total. The largest absolute Gasteiger partial charge is 0.465 e. The van der Waals surface area contributed by atoms with Gasteiger partial charge in [0.1, 0.15) is 6.04 Å². The van der Waals surface area contributed by atoms with E-state index in [9.17, 15) is 14.9 Å². The molecule has 0 fully saturated rings. The summed E-state index contributed by atoms with van der Waals surface area (Å²) in [5.74, 6) is -0.408. The number of rotatable bonds is 21. The minimum absolute atomic E-state index is 0.0263. The molecule has 0 aliphatic heterocycles. The molecule has 6 heteroatoms. The molecule has 1 unspecified atom stereocenters. The molecule has 0 heterocycles. The zero-order valence-corrected chi connectivity index (χ0v) is 20.8. The molecule has 0 aliphatic rings. The number of benzene rings is 1. The first-order valence-corrected chi connectivity index (χ1v) is 13.2. The Bertz CT molecular complexity index is 634. The molecule has 1 aromatic rings. The molecule has 0 saturated heterocycles. The molecular weight excluding hydrogens is 416 g/mol. The van der Waals surface area contributed by atoms with Gasteiger partial charge in [-0.1, -0.05) is 115 Å². The average Bonchev–Trinajstić information content (AvgIpc) is 2.81. The maximum absolute atomic E-state index is 12.0. The van der Waals surface area contributed by atoms with Crippen LogP contribution in [0.5, 0.6) is 0 Å². The fraction of sp³-hybridized carbons (Fsp3) is 0.741. The van der Waals surface area contributed by atoms with E-state index in [1.165, 1.54) is 102 Å². The summed E-state index contributed by atoms with van der Waals surface area (Å²) in [6, 6.07) is 5.35. The third-order valence-corrected chi connectivity index (χ3v) is 6.15. The highest BCUT2D eigenvalue weighted by molar-refractivity contribution is 5.75. The quantitative estimate of drug-likeness (QED) is 0.0897. The number of nitrogens with zero attached hydrogens (tertiary/aromatic N) is 1. The summed E-state index contributed by atoms with van der Waals surface area (Å²) in [6.45, 7) is 2.68. The van der Waals surface area contributed by atoms with Gasteiger partial charge in [0.05, 0.1) is 11.5 Å². The van der Waals surface area contributed by atoms with Crippen molar-refractivity contribution in [1.82, 2.24) is 0 Å². The van der Waals surface area contributed by atoms with Crippen LogP contribution < -0.4 is 5.73 Å². The molecule has 0 spiro atoms. The Hall–Kier alpha value is -1.95. The zero-order valence-electron chi connectivity index (χ0n) is 20.8. The lowest BCUT2D eigenvalue weighted by Gasteiger charge is -2.11. The number of carbonyl (C=O) groups excluding carboxylic acids is 1. The monoisotopic (exact) mass is 462 g/mol. The SMILES string of the molecule is CCCCCCCCCCCCCCCCCCOC(=O)C(N)Cc1ccc([N+](=O)[O-])cc1. The summed E-state index contributed by atoms with van der Waals surface area (Å²) >= 11 is 0. The van der Waals surface area contributed by atoms with Gasteiger partial charge < -0.3 is 10.5 Å². The predicted molar refractivity (Wildman–Crippen MR) is 135 cm³/mol. The number of hydrogen-bond acceptors (Lipinski definition) is 5. The number of esters is 1. The Labute approximate surface area is 200 Å². The van der Waals surface area contributed by atoms with Gasteiger partial charge in [-0.15, -0.1) is 0 Å². The van der Waals surface area contributed by atoms with Crippen molar-refractivity contribution in [2.24, 2.45) is 5.73 Å². The molecule has 2 N–H and O–H groups in total. The standard InChI is InChI=1S/C27H46N2O4/c1-2-3-4-5-6-7-8-9-10-11-12-13-14-15-16-17-22-33-27(30)26(28)23-24-18-20-25(21-19-24)29(31)32/h18-21,26H,2-17,22-23,28H2,1H3. The fourth-order valence-corrected chi connectivity index (χ4v) is 4.02. The fourth-order valence-electron chi connectivity index (χ4n) is 4.02. The van der Waals surface area contributed by atoms with Crippen molar-refractivity contribution >= 4 is 11.7 Å². The number of nitro benzene ring substituents is 1. The molecule has 188 valence electrons. The lowest BCUT2D eigenvalue weighted by molar-refractivity contribution is -0.384. The summed E-state index contributed by atoms with van der Waals surface area (Å²) in [4.78, 5) is 22.3. The van der Waals surface area contributed by atoms with E-state index >= 15 is 0 Å². The van der Waals surface area contributed by atoms with Crippen LogP contribution in [0, 0.1) is 10.1 Å². The number of hydrogen-bond donors (Lipinski definition) is 1. The Balaban J connectivity index is 1.90. The highest BCUT2D eigenvalue weighted by Crippen LogP contribution is 2.15. The van der Waals surface area contributed by atoms with Crippen LogP contribution in [0.15, 0.2) is 24.3 Å². The van der Waals surface area contributed by atoms with Crippen LogP contribution in [0.2, 0.25) is 0 Å². The van der Waals surface area contributed by atoms with Gasteiger partial charge in [0.2, 0.25) is 0 Å². The van der Waals surface area contributed by atoms with E-state index in [1.807, 2.05) is 0 Å². The van der Waals surface area contributed by atoms with Crippen molar-refractivity contribution in [3.8, 4) is 0 Å². The molecule has 1 atom stereocenters. The van der Waals surface area contributed by atoms with Gasteiger partial charge in [-0.3, -0.25) is 14.9 Å². The second-order valence-electron chi connectivity index (χ2n) is 9.20. The molecule has 0 saturated carbocycles. The molecular formula is C27H46N2O4. The zero-order chi connectivity index (χ0) is 24.2. The van der Waals surface area contributed by atoms with Gasteiger partial charge in [-0.25, -0.2) is 0 Å². The van der Waals surface area contributed by atoms with Crippen LogP contribution in [0.4, 0.5) is 5.69 Å². The lowest BCUT2D eigenvalue weighted by atomic mass is 10.0. The Kier molecular flexibility index (Phi) is 17.2. The van der Waals surface area contributed by atoms with E-state index in [2.05, 4.69) is 6.92 Å². The molecule has 33 heavy (non-hydrogen) atoms. The third kappa shape index (κ3) is 15.5. The second kappa shape index (κ2) is 19.5. The minimum Gasteiger partial charge on any atom is -0.465 e. The van der Waals surface area contributed by atoms with Crippen molar-refractivity contribution in [3.05, 3.63) is 39.9 Å². The van der Waals surface area contributed by atoms with Crippen LogP contribution in [0.25, 0.3) is 0 Å².